The molecular formula is C18H28FNO. The molecule has 0 saturated heterocycles. The lowest BCUT2D eigenvalue weighted by Crippen LogP contribution is -2.54. The molecule has 1 aliphatic rings. The summed E-state index contributed by atoms with van der Waals surface area (Å²) in [6.07, 6.45) is 5.44. The number of benzene rings is 1. The molecule has 1 saturated carbocycles. The molecule has 118 valence electrons. The molecular weight excluding hydrogens is 265 g/mol. The second-order valence-electron chi connectivity index (χ2n) is 6.59. The fraction of sp³-hybridized carbons (Fsp3) is 0.667. The van der Waals surface area contributed by atoms with E-state index in [1.165, 1.54) is 18.9 Å². The van der Waals surface area contributed by atoms with Gasteiger partial charge in [-0.25, -0.2) is 4.39 Å². The zero-order valence-corrected chi connectivity index (χ0v) is 13.7. The van der Waals surface area contributed by atoms with Gasteiger partial charge in [0.15, 0.2) is 0 Å². The molecule has 0 spiro atoms. The summed E-state index contributed by atoms with van der Waals surface area (Å²) >= 11 is 0. The van der Waals surface area contributed by atoms with Gasteiger partial charge in [0.05, 0.1) is 5.60 Å². The minimum absolute atomic E-state index is 0.134. The first-order valence-electron chi connectivity index (χ1n) is 7.98. The lowest BCUT2D eigenvalue weighted by Gasteiger charge is -2.44. The van der Waals surface area contributed by atoms with Crippen LogP contribution in [0, 0.1) is 18.7 Å². The summed E-state index contributed by atoms with van der Waals surface area (Å²) in [5.74, 6) is 0.525. The maximum atomic E-state index is 13.5. The highest BCUT2D eigenvalue weighted by Crippen LogP contribution is 2.38. The molecule has 3 heteroatoms. The van der Waals surface area contributed by atoms with E-state index >= 15 is 0 Å². The maximum absolute atomic E-state index is 13.5. The van der Waals surface area contributed by atoms with Gasteiger partial charge in [-0.05, 0) is 62.4 Å². The Balaban J connectivity index is 2.23. The SMILES string of the molecule is CNC(Cc1cc(F)ccc1C)C1(OC)CCCC(C)C1. The number of hydrogen-bond donors (Lipinski definition) is 1. The molecule has 3 unspecified atom stereocenters. The lowest BCUT2D eigenvalue weighted by molar-refractivity contribution is -0.0775. The van der Waals surface area contributed by atoms with E-state index in [1.807, 2.05) is 27.1 Å². The predicted molar refractivity (Wildman–Crippen MR) is 85.1 cm³/mol. The number of hydrogen-bond acceptors (Lipinski definition) is 2. The first-order valence-corrected chi connectivity index (χ1v) is 7.98. The molecule has 0 heterocycles. The Morgan fingerprint density at radius 3 is 2.86 bits per heavy atom. The quantitative estimate of drug-likeness (QED) is 0.890. The second kappa shape index (κ2) is 6.89. The van der Waals surface area contributed by atoms with Crippen molar-refractivity contribution >= 4 is 0 Å². The van der Waals surface area contributed by atoms with E-state index in [4.69, 9.17) is 4.74 Å². The molecule has 1 aromatic rings. The van der Waals surface area contributed by atoms with E-state index in [2.05, 4.69) is 12.2 Å². The van der Waals surface area contributed by atoms with E-state index < -0.39 is 0 Å². The summed E-state index contributed by atoms with van der Waals surface area (Å²) in [5.41, 5.74) is 2.08. The van der Waals surface area contributed by atoms with Crippen LogP contribution in [0.15, 0.2) is 18.2 Å². The zero-order valence-electron chi connectivity index (χ0n) is 13.7. The third-order valence-corrected chi connectivity index (χ3v) is 5.12. The molecule has 0 aliphatic heterocycles. The fourth-order valence-electron chi connectivity index (χ4n) is 3.82. The lowest BCUT2D eigenvalue weighted by atomic mass is 9.73. The number of aryl methyl sites for hydroxylation is 1. The van der Waals surface area contributed by atoms with Crippen LogP contribution in [-0.2, 0) is 11.2 Å². The number of ether oxygens (including phenoxy) is 1. The molecule has 1 aliphatic carbocycles. The van der Waals surface area contributed by atoms with Crippen molar-refractivity contribution in [1.82, 2.24) is 5.32 Å². The van der Waals surface area contributed by atoms with Gasteiger partial charge in [-0.2, -0.15) is 0 Å². The largest absolute Gasteiger partial charge is 0.377 e. The van der Waals surface area contributed by atoms with Crippen molar-refractivity contribution in [2.75, 3.05) is 14.2 Å². The van der Waals surface area contributed by atoms with Crippen molar-refractivity contribution in [3.05, 3.63) is 35.1 Å². The topological polar surface area (TPSA) is 21.3 Å². The van der Waals surface area contributed by atoms with Gasteiger partial charge in [0.1, 0.15) is 5.82 Å². The summed E-state index contributed by atoms with van der Waals surface area (Å²) in [5, 5.41) is 3.43. The van der Waals surface area contributed by atoms with Gasteiger partial charge in [-0.15, -0.1) is 0 Å². The van der Waals surface area contributed by atoms with Crippen LogP contribution >= 0.6 is 0 Å². The van der Waals surface area contributed by atoms with Crippen LogP contribution in [0.1, 0.15) is 43.7 Å². The van der Waals surface area contributed by atoms with Crippen molar-refractivity contribution in [2.45, 2.75) is 57.6 Å². The van der Waals surface area contributed by atoms with Crippen LogP contribution in [0.2, 0.25) is 0 Å². The molecule has 0 bridgehead atoms. The molecule has 0 aromatic heterocycles. The minimum atomic E-state index is -0.158. The highest BCUT2D eigenvalue weighted by atomic mass is 19.1. The van der Waals surface area contributed by atoms with E-state index in [9.17, 15) is 4.39 Å². The Hall–Kier alpha value is -0.930. The third-order valence-electron chi connectivity index (χ3n) is 5.12. The molecule has 0 radical (unpaired) electrons. The fourth-order valence-corrected chi connectivity index (χ4v) is 3.82. The average Bonchev–Trinajstić information content (AvgIpc) is 2.48. The number of nitrogens with one attached hydrogen (secondary N) is 1. The molecule has 2 rings (SSSR count). The van der Waals surface area contributed by atoms with Crippen LogP contribution in [0.4, 0.5) is 4.39 Å². The standard InChI is InChI=1S/C18H28FNO/c1-13-6-5-9-18(12-13,21-4)17(20-3)11-15-10-16(19)8-7-14(15)2/h7-8,10,13,17,20H,5-6,9,11-12H2,1-4H3. The van der Waals surface area contributed by atoms with E-state index in [0.717, 1.165) is 30.4 Å². The van der Waals surface area contributed by atoms with Gasteiger partial charge in [-0.1, -0.05) is 25.8 Å². The van der Waals surface area contributed by atoms with Crippen molar-refractivity contribution in [3.8, 4) is 0 Å². The number of rotatable bonds is 5. The molecule has 0 amide bonds. The summed E-state index contributed by atoms with van der Waals surface area (Å²) < 4.78 is 19.5. The number of likely N-dealkylation sites (N-methyl/N-ethyl adjacent to an activating group) is 1. The summed E-state index contributed by atoms with van der Waals surface area (Å²) in [7, 11) is 3.81. The molecule has 1 fully saturated rings. The Labute approximate surface area is 128 Å². The Morgan fingerprint density at radius 2 is 2.24 bits per heavy atom. The Morgan fingerprint density at radius 1 is 1.48 bits per heavy atom. The maximum Gasteiger partial charge on any atom is 0.123 e. The molecule has 21 heavy (non-hydrogen) atoms. The summed E-state index contributed by atoms with van der Waals surface area (Å²) in [4.78, 5) is 0. The Bertz CT molecular complexity index is 476. The van der Waals surface area contributed by atoms with E-state index in [-0.39, 0.29) is 17.5 Å². The normalized spacial score (nSPS) is 27.6. The highest BCUT2D eigenvalue weighted by molar-refractivity contribution is 5.28. The minimum Gasteiger partial charge on any atom is -0.377 e. The predicted octanol–water partition coefficient (Wildman–Crippen LogP) is 3.86. The molecule has 3 atom stereocenters. The average molecular weight is 293 g/mol. The van der Waals surface area contributed by atoms with Crippen LogP contribution in [0.5, 0.6) is 0 Å². The van der Waals surface area contributed by atoms with Crippen molar-refractivity contribution in [3.63, 3.8) is 0 Å². The number of methoxy groups -OCH3 is 1. The van der Waals surface area contributed by atoms with Crippen molar-refractivity contribution < 1.29 is 9.13 Å². The highest BCUT2D eigenvalue weighted by Gasteiger charge is 2.41. The van der Waals surface area contributed by atoms with Gasteiger partial charge in [-0.3, -0.25) is 0 Å². The van der Waals surface area contributed by atoms with Crippen molar-refractivity contribution in [2.24, 2.45) is 5.92 Å². The van der Waals surface area contributed by atoms with Gasteiger partial charge in [0, 0.05) is 13.2 Å². The van der Waals surface area contributed by atoms with Crippen LogP contribution in [-0.4, -0.2) is 25.8 Å². The van der Waals surface area contributed by atoms with Gasteiger partial charge >= 0.3 is 0 Å². The van der Waals surface area contributed by atoms with E-state index in [1.54, 1.807) is 6.07 Å². The second-order valence-corrected chi connectivity index (χ2v) is 6.59. The Kier molecular flexibility index (Phi) is 5.39. The van der Waals surface area contributed by atoms with Gasteiger partial charge in [0.2, 0.25) is 0 Å². The third kappa shape index (κ3) is 3.64. The summed E-state index contributed by atoms with van der Waals surface area (Å²) in [6, 6.07) is 5.27. The zero-order chi connectivity index (χ0) is 15.5. The number of halogens is 1. The first-order chi connectivity index (χ1) is 10.0. The molecule has 1 N–H and O–H groups in total. The van der Waals surface area contributed by atoms with Crippen LogP contribution in [0.25, 0.3) is 0 Å². The smallest absolute Gasteiger partial charge is 0.123 e. The first kappa shape index (κ1) is 16.4. The van der Waals surface area contributed by atoms with Gasteiger partial charge < -0.3 is 10.1 Å². The monoisotopic (exact) mass is 293 g/mol. The molecule has 2 nitrogen and oxygen atoms in total. The molecule has 1 aromatic carbocycles. The van der Waals surface area contributed by atoms with Crippen molar-refractivity contribution in [1.29, 1.82) is 0 Å². The van der Waals surface area contributed by atoms with Gasteiger partial charge in [0.25, 0.3) is 0 Å². The van der Waals surface area contributed by atoms with E-state index in [0.29, 0.717) is 5.92 Å². The summed E-state index contributed by atoms with van der Waals surface area (Å²) in [6.45, 7) is 4.34. The van der Waals surface area contributed by atoms with Crippen LogP contribution in [0.3, 0.4) is 0 Å². The van der Waals surface area contributed by atoms with Crippen LogP contribution < -0.4 is 5.32 Å².